The fraction of sp³-hybridized carbons (Fsp3) is 0.0741. The highest BCUT2D eigenvalue weighted by molar-refractivity contribution is 6.34. The third-order valence-electron chi connectivity index (χ3n) is 6.09. The zero-order chi connectivity index (χ0) is 26.6. The van der Waals surface area contributed by atoms with E-state index >= 15 is 0 Å². The van der Waals surface area contributed by atoms with E-state index in [1.165, 1.54) is 35.1 Å². The van der Waals surface area contributed by atoms with Crippen LogP contribution in [0.4, 0.5) is 19.0 Å². The molecule has 8 nitrogen and oxygen atoms in total. The lowest BCUT2D eigenvalue weighted by Crippen LogP contribution is -2.31. The van der Waals surface area contributed by atoms with E-state index in [0.717, 1.165) is 17.2 Å². The molecule has 0 fully saturated rings. The minimum absolute atomic E-state index is 0.0458. The van der Waals surface area contributed by atoms with E-state index in [2.05, 4.69) is 15.1 Å². The molecule has 4 heterocycles. The Labute approximate surface area is 212 Å². The second-order valence-corrected chi connectivity index (χ2v) is 8.53. The van der Waals surface area contributed by atoms with E-state index < -0.39 is 35.4 Å². The minimum atomic E-state index is -0.973. The van der Waals surface area contributed by atoms with Crippen LogP contribution in [0.5, 0.6) is 5.75 Å². The van der Waals surface area contributed by atoms with Gasteiger partial charge in [0.15, 0.2) is 17.4 Å². The average molecular weight is 515 g/mol. The van der Waals surface area contributed by atoms with Crippen molar-refractivity contribution in [1.82, 2.24) is 19.7 Å². The van der Waals surface area contributed by atoms with Crippen LogP contribution in [0.15, 0.2) is 73.2 Å². The number of aromatic nitrogens is 4. The number of ether oxygens (including phenoxy) is 1. The quantitative estimate of drug-likeness (QED) is 0.300. The number of amides is 2. The molecule has 0 N–H and O–H groups in total. The van der Waals surface area contributed by atoms with Crippen molar-refractivity contribution in [1.29, 1.82) is 0 Å². The molecule has 1 aliphatic heterocycles. The topological polar surface area (TPSA) is 90.2 Å². The van der Waals surface area contributed by atoms with Gasteiger partial charge in [-0.3, -0.25) is 14.6 Å². The molecule has 0 unspecified atom stereocenters. The van der Waals surface area contributed by atoms with Gasteiger partial charge in [-0.2, -0.15) is 5.10 Å². The third kappa shape index (κ3) is 3.76. The summed E-state index contributed by atoms with van der Waals surface area (Å²) in [7, 11) is 0. The number of carbonyl (C=O) groups is 2. The molecule has 0 saturated carbocycles. The molecule has 0 spiro atoms. The highest BCUT2D eigenvalue weighted by Crippen LogP contribution is 2.38. The van der Waals surface area contributed by atoms with Gasteiger partial charge in [-0.25, -0.2) is 27.7 Å². The predicted molar refractivity (Wildman–Crippen MR) is 130 cm³/mol. The van der Waals surface area contributed by atoms with Gasteiger partial charge in [0.25, 0.3) is 11.8 Å². The zero-order valence-electron chi connectivity index (χ0n) is 19.6. The Morgan fingerprint density at radius 2 is 1.66 bits per heavy atom. The van der Waals surface area contributed by atoms with Gasteiger partial charge in [0.05, 0.1) is 23.0 Å². The van der Waals surface area contributed by atoms with E-state index in [9.17, 15) is 22.8 Å². The van der Waals surface area contributed by atoms with Gasteiger partial charge in [-0.15, -0.1) is 0 Å². The fourth-order valence-corrected chi connectivity index (χ4v) is 4.40. The first kappa shape index (κ1) is 23.3. The molecule has 2 aromatic carbocycles. The molecule has 38 heavy (non-hydrogen) atoms. The first-order valence-corrected chi connectivity index (χ1v) is 11.4. The number of benzene rings is 2. The summed E-state index contributed by atoms with van der Waals surface area (Å²) in [6.45, 7) is 1.61. The van der Waals surface area contributed by atoms with Crippen molar-refractivity contribution in [2.45, 2.75) is 13.0 Å². The lowest BCUT2D eigenvalue weighted by atomic mass is 10.1. The van der Waals surface area contributed by atoms with Gasteiger partial charge >= 0.3 is 0 Å². The first-order chi connectivity index (χ1) is 18.3. The smallest absolute Gasteiger partial charge is 0.267 e. The molecule has 5 aromatic rings. The van der Waals surface area contributed by atoms with Crippen LogP contribution < -0.4 is 9.64 Å². The Morgan fingerprint density at radius 3 is 2.34 bits per heavy atom. The van der Waals surface area contributed by atoms with Crippen molar-refractivity contribution in [2.24, 2.45) is 0 Å². The van der Waals surface area contributed by atoms with E-state index in [1.54, 1.807) is 31.3 Å². The molecule has 0 saturated heterocycles. The summed E-state index contributed by atoms with van der Waals surface area (Å²) in [5.41, 5.74) is 0.609. The highest BCUT2D eigenvalue weighted by Gasteiger charge is 2.39. The zero-order valence-corrected chi connectivity index (χ0v) is 19.6. The summed E-state index contributed by atoms with van der Waals surface area (Å²) < 4.78 is 50.3. The van der Waals surface area contributed by atoms with Gasteiger partial charge in [-0.1, -0.05) is 12.1 Å². The molecular weight excluding hydrogens is 499 g/mol. The number of hydrogen-bond acceptors (Lipinski definition) is 6. The number of hydrogen-bond donors (Lipinski definition) is 0. The van der Waals surface area contributed by atoms with Crippen LogP contribution in [0, 0.1) is 17.5 Å². The number of carbonyl (C=O) groups excluding carboxylic acids is 2. The molecule has 3 aromatic heterocycles. The molecule has 1 aliphatic rings. The second-order valence-electron chi connectivity index (χ2n) is 8.53. The van der Waals surface area contributed by atoms with Crippen LogP contribution in [0.25, 0.3) is 16.6 Å². The Balaban J connectivity index is 1.50. The van der Waals surface area contributed by atoms with E-state index in [-0.39, 0.29) is 45.0 Å². The summed E-state index contributed by atoms with van der Waals surface area (Å²) in [6.07, 6.45) is 3.22. The summed E-state index contributed by atoms with van der Waals surface area (Å²) >= 11 is 0. The molecule has 11 heteroatoms. The molecule has 0 aliphatic carbocycles. The Morgan fingerprint density at radius 1 is 0.921 bits per heavy atom. The first-order valence-electron chi connectivity index (χ1n) is 11.4. The Hall–Kier alpha value is -5.06. The van der Waals surface area contributed by atoms with Crippen molar-refractivity contribution in [3.63, 3.8) is 0 Å². The number of halogens is 3. The van der Waals surface area contributed by atoms with Crippen molar-refractivity contribution in [2.75, 3.05) is 4.90 Å². The van der Waals surface area contributed by atoms with Gasteiger partial charge in [0.1, 0.15) is 28.9 Å². The number of pyridine rings is 2. The molecular formula is C27H16F3N5O3. The van der Waals surface area contributed by atoms with E-state index in [4.69, 9.17) is 4.74 Å². The maximum atomic E-state index is 14.7. The summed E-state index contributed by atoms with van der Waals surface area (Å²) in [5, 5.41) is 4.17. The van der Waals surface area contributed by atoms with Crippen molar-refractivity contribution < 1.29 is 27.5 Å². The number of nitrogens with zero attached hydrogens (tertiary/aromatic N) is 5. The van der Waals surface area contributed by atoms with Crippen LogP contribution in [0.2, 0.25) is 0 Å². The number of anilines is 1. The summed E-state index contributed by atoms with van der Waals surface area (Å²) in [6, 6.07) is 12.1. The van der Waals surface area contributed by atoms with Gasteiger partial charge in [-0.05, 0) is 37.3 Å². The fourth-order valence-electron chi connectivity index (χ4n) is 4.40. The largest absolute Gasteiger partial charge is 0.480 e. The normalized spacial score (nSPS) is 13.7. The highest BCUT2D eigenvalue weighted by atomic mass is 19.1. The predicted octanol–water partition coefficient (Wildman–Crippen LogP) is 5.17. The molecule has 1 atom stereocenters. The Kier molecular flexibility index (Phi) is 5.41. The van der Waals surface area contributed by atoms with E-state index in [1.807, 2.05) is 0 Å². The van der Waals surface area contributed by atoms with Crippen LogP contribution in [-0.2, 0) is 0 Å². The standard InChI is InChI=1S/C27H16F3N5O3/c1-14(23-21(12-17(29)13-31-23)34-8-4-7-32-34)38-22-10-15-9-16(28)11-20(30)24(15)33-25(22)35-26(36)18-5-2-3-6-19(18)27(35)37/h2-14H,1H3/t14-/m0/s1. The number of imide groups is 1. The molecule has 0 radical (unpaired) electrons. The SMILES string of the molecule is C[C@H](Oc1cc2cc(F)cc(F)c2nc1N1C(=O)c2ccccc2C1=O)c1ncc(F)cc1-n1cccn1. The maximum Gasteiger partial charge on any atom is 0.267 e. The minimum Gasteiger partial charge on any atom is -0.480 e. The third-order valence-corrected chi connectivity index (χ3v) is 6.09. The van der Waals surface area contributed by atoms with Crippen molar-refractivity contribution in [3.8, 4) is 11.4 Å². The molecule has 0 bridgehead atoms. The van der Waals surface area contributed by atoms with Crippen molar-refractivity contribution >= 4 is 28.5 Å². The number of rotatable bonds is 5. The van der Waals surface area contributed by atoms with Gasteiger partial charge in [0.2, 0.25) is 0 Å². The van der Waals surface area contributed by atoms with Gasteiger partial charge in [0, 0.05) is 29.9 Å². The molecule has 188 valence electrons. The van der Waals surface area contributed by atoms with Crippen molar-refractivity contribution in [3.05, 3.63) is 107 Å². The monoisotopic (exact) mass is 515 g/mol. The molecule has 2 amide bonds. The lowest BCUT2D eigenvalue weighted by molar-refractivity contribution is 0.0922. The van der Waals surface area contributed by atoms with Crippen LogP contribution in [0.1, 0.15) is 39.4 Å². The number of fused-ring (bicyclic) bond motifs is 2. The average Bonchev–Trinajstić information content (AvgIpc) is 3.51. The van der Waals surface area contributed by atoms with Crippen LogP contribution in [-0.4, -0.2) is 31.6 Å². The van der Waals surface area contributed by atoms with E-state index in [0.29, 0.717) is 6.07 Å². The molecule has 6 rings (SSSR count). The van der Waals surface area contributed by atoms with Crippen LogP contribution >= 0.6 is 0 Å². The van der Waals surface area contributed by atoms with Crippen LogP contribution in [0.3, 0.4) is 0 Å². The van der Waals surface area contributed by atoms with Gasteiger partial charge < -0.3 is 4.74 Å². The Bertz CT molecular complexity index is 1720. The lowest BCUT2D eigenvalue weighted by Gasteiger charge is -2.22. The summed E-state index contributed by atoms with van der Waals surface area (Å²) in [4.78, 5) is 35.6. The maximum absolute atomic E-state index is 14.7. The second kappa shape index (κ2) is 8.80. The summed E-state index contributed by atoms with van der Waals surface area (Å²) in [5.74, 6) is -4.14.